The first-order valence-electron chi connectivity index (χ1n) is 7.02. The van der Waals surface area contributed by atoms with Gasteiger partial charge in [-0.05, 0) is 32.1 Å². The van der Waals surface area contributed by atoms with Crippen LogP contribution in [0.2, 0.25) is 0 Å². The fourth-order valence-electron chi connectivity index (χ4n) is 2.66. The lowest BCUT2D eigenvalue weighted by Gasteiger charge is -2.26. The first-order chi connectivity index (χ1) is 8.51. The van der Waals surface area contributed by atoms with E-state index in [0.717, 1.165) is 19.3 Å². The molecule has 4 heteroatoms. The van der Waals surface area contributed by atoms with Crippen molar-refractivity contribution in [2.24, 2.45) is 11.3 Å². The minimum Gasteiger partial charge on any atom is -0.351 e. The molecule has 1 aliphatic rings. The number of rotatable bonds is 7. The molecular weight excluding hydrogens is 230 g/mol. The Morgan fingerprint density at radius 2 is 1.94 bits per heavy atom. The van der Waals surface area contributed by atoms with Gasteiger partial charge in [-0.2, -0.15) is 0 Å². The van der Waals surface area contributed by atoms with Crippen LogP contribution in [-0.4, -0.2) is 32.0 Å². The van der Waals surface area contributed by atoms with Gasteiger partial charge in [0.15, 0.2) is 6.29 Å². The highest BCUT2D eigenvalue weighted by Crippen LogP contribution is 2.42. The average molecular weight is 257 g/mol. The first kappa shape index (κ1) is 15.4. The van der Waals surface area contributed by atoms with Crippen LogP contribution in [0.4, 0.5) is 0 Å². The van der Waals surface area contributed by atoms with Crippen molar-refractivity contribution in [3.05, 3.63) is 0 Å². The Bertz CT molecular complexity index is 260. The number of amides is 1. The van der Waals surface area contributed by atoms with Crippen molar-refractivity contribution in [3.63, 3.8) is 0 Å². The quantitative estimate of drug-likeness (QED) is 0.712. The Morgan fingerprint density at radius 3 is 2.39 bits per heavy atom. The van der Waals surface area contributed by atoms with Gasteiger partial charge in [0.2, 0.25) is 5.91 Å². The zero-order valence-electron chi connectivity index (χ0n) is 12.1. The van der Waals surface area contributed by atoms with E-state index >= 15 is 0 Å². The Hall–Kier alpha value is -0.610. The molecule has 106 valence electrons. The van der Waals surface area contributed by atoms with E-state index in [4.69, 9.17) is 9.47 Å². The summed E-state index contributed by atoms with van der Waals surface area (Å²) in [5.41, 5.74) is 0.122. The lowest BCUT2D eigenvalue weighted by Crippen LogP contribution is -2.41. The van der Waals surface area contributed by atoms with E-state index in [-0.39, 0.29) is 23.5 Å². The third kappa shape index (κ3) is 4.25. The topological polar surface area (TPSA) is 47.6 Å². The molecule has 1 amide bonds. The maximum atomic E-state index is 12.2. The summed E-state index contributed by atoms with van der Waals surface area (Å²) in [7, 11) is 0. The molecule has 0 bridgehead atoms. The second-order valence-corrected chi connectivity index (χ2v) is 5.52. The van der Waals surface area contributed by atoms with Gasteiger partial charge in [0.25, 0.3) is 0 Å². The summed E-state index contributed by atoms with van der Waals surface area (Å²) in [6.07, 6.45) is 2.94. The monoisotopic (exact) mass is 257 g/mol. The predicted octanol–water partition coefficient (Wildman–Crippen LogP) is 2.33. The van der Waals surface area contributed by atoms with E-state index < -0.39 is 0 Å². The largest absolute Gasteiger partial charge is 0.351 e. The molecule has 1 fully saturated rings. The van der Waals surface area contributed by atoms with E-state index in [1.54, 1.807) is 0 Å². The third-order valence-electron chi connectivity index (χ3n) is 3.72. The number of nitrogens with one attached hydrogen (secondary N) is 1. The number of hydrogen-bond acceptors (Lipinski definition) is 3. The molecule has 0 aliphatic heterocycles. The lowest BCUT2D eigenvalue weighted by atomic mass is 9.81. The van der Waals surface area contributed by atoms with Gasteiger partial charge in [-0.1, -0.05) is 20.3 Å². The molecule has 1 atom stereocenters. The SMILES string of the molecule is CCOC(CNC(=O)C1CCCC1(C)C)OCC. The molecule has 0 heterocycles. The van der Waals surface area contributed by atoms with Gasteiger partial charge in [0.1, 0.15) is 0 Å². The zero-order valence-corrected chi connectivity index (χ0v) is 12.1. The molecule has 4 nitrogen and oxygen atoms in total. The van der Waals surface area contributed by atoms with Gasteiger partial charge in [0.05, 0.1) is 6.54 Å². The van der Waals surface area contributed by atoms with E-state index in [9.17, 15) is 4.79 Å². The molecule has 0 radical (unpaired) electrons. The molecule has 0 aromatic carbocycles. The van der Waals surface area contributed by atoms with Crippen LogP contribution in [0.1, 0.15) is 47.0 Å². The maximum absolute atomic E-state index is 12.2. The number of ether oxygens (including phenoxy) is 2. The summed E-state index contributed by atoms with van der Waals surface area (Å²) in [4.78, 5) is 12.2. The highest BCUT2D eigenvalue weighted by Gasteiger charge is 2.39. The van der Waals surface area contributed by atoms with Crippen LogP contribution >= 0.6 is 0 Å². The van der Waals surface area contributed by atoms with Crippen molar-refractivity contribution in [3.8, 4) is 0 Å². The molecule has 1 saturated carbocycles. The van der Waals surface area contributed by atoms with Gasteiger partial charge in [-0.25, -0.2) is 0 Å². The molecule has 18 heavy (non-hydrogen) atoms. The summed E-state index contributed by atoms with van der Waals surface area (Å²) in [6.45, 7) is 9.82. The van der Waals surface area contributed by atoms with Crippen LogP contribution < -0.4 is 5.32 Å². The van der Waals surface area contributed by atoms with Crippen LogP contribution in [0.15, 0.2) is 0 Å². The minimum atomic E-state index is -0.325. The second-order valence-electron chi connectivity index (χ2n) is 5.52. The Labute approximate surface area is 110 Å². The standard InChI is InChI=1S/C14H27NO3/c1-5-17-12(18-6-2)10-15-13(16)11-8-7-9-14(11,3)4/h11-12H,5-10H2,1-4H3,(H,15,16). The van der Waals surface area contributed by atoms with Gasteiger partial charge in [-0.15, -0.1) is 0 Å². The average Bonchev–Trinajstić information content (AvgIpc) is 2.66. The Balaban J connectivity index is 2.39. The molecule has 1 unspecified atom stereocenters. The molecule has 1 N–H and O–H groups in total. The van der Waals surface area contributed by atoms with Gasteiger partial charge in [0, 0.05) is 19.1 Å². The molecule has 0 saturated heterocycles. The van der Waals surface area contributed by atoms with Crippen LogP contribution in [-0.2, 0) is 14.3 Å². The molecule has 0 aromatic heterocycles. The van der Waals surface area contributed by atoms with Gasteiger partial charge < -0.3 is 14.8 Å². The van der Waals surface area contributed by atoms with Crippen molar-refractivity contribution >= 4 is 5.91 Å². The van der Waals surface area contributed by atoms with Crippen LogP contribution in [0.25, 0.3) is 0 Å². The van der Waals surface area contributed by atoms with E-state index in [1.807, 2.05) is 13.8 Å². The minimum absolute atomic E-state index is 0.122. The summed E-state index contributed by atoms with van der Waals surface area (Å²) in [6, 6.07) is 0. The molecule has 1 aliphatic carbocycles. The summed E-state index contributed by atoms with van der Waals surface area (Å²) in [5, 5.41) is 2.96. The third-order valence-corrected chi connectivity index (χ3v) is 3.72. The van der Waals surface area contributed by atoms with Gasteiger partial charge in [-0.3, -0.25) is 4.79 Å². The molecule has 0 spiro atoms. The van der Waals surface area contributed by atoms with Gasteiger partial charge >= 0.3 is 0 Å². The van der Waals surface area contributed by atoms with Crippen molar-refractivity contribution in [1.82, 2.24) is 5.32 Å². The van der Waals surface area contributed by atoms with Crippen molar-refractivity contribution in [2.45, 2.75) is 53.2 Å². The first-order valence-corrected chi connectivity index (χ1v) is 7.02. The fourth-order valence-corrected chi connectivity index (χ4v) is 2.66. The van der Waals surface area contributed by atoms with Crippen molar-refractivity contribution < 1.29 is 14.3 Å². The number of carbonyl (C=O) groups excluding carboxylic acids is 1. The smallest absolute Gasteiger partial charge is 0.223 e. The maximum Gasteiger partial charge on any atom is 0.223 e. The number of carbonyl (C=O) groups is 1. The van der Waals surface area contributed by atoms with Crippen LogP contribution in [0, 0.1) is 11.3 Å². The van der Waals surface area contributed by atoms with Crippen LogP contribution in [0.5, 0.6) is 0 Å². The number of hydrogen-bond donors (Lipinski definition) is 1. The summed E-state index contributed by atoms with van der Waals surface area (Å²) >= 11 is 0. The molecule has 0 aromatic rings. The normalized spacial score (nSPS) is 22.4. The van der Waals surface area contributed by atoms with Crippen molar-refractivity contribution in [2.75, 3.05) is 19.8 Å². The highest BCUT2D eigenvalue weighted by atomic mass is 16.7. The van der Waals surface area contributed by atoms with E-state index in [2.05, 4.69) is 19.2 Å². The van der Waals surface area contributed by atoms with E-state index in [0.29, 0.717) is 19.8 Å². The zero-order chi connectivity index (χ0) is 13.6. The Kier molecular flexibility index (Phi) is 6.09. The van der Waals surface area contributed by atoms with Crippen LogP contribution in [0.3, 0.4) is 0 Å². The summed E-state index contributed by atoms with van der Waals surface area (Å²) < 4.78 is 10.8. The molecule has 1 rings (SSSR count). The predicted molar refractivity (Wildman–Crippen MR) is 71.2 cm³/mol. The van der Waals surface area contributed by atoms with E-state index in [1.165, 1.54) is 0 Å². The highest BCUT2D eigenvalue weighted by molar-refractivity contribution is 5.79. The fraction of sp³-hybridized carbons (Fsp3) is 0.929. The lowest BCUT2D eigenvalue weighted by molar-refractivity contribution is -0.143. The second kappa shape index (κ2) is 7.10. The Morgan fingerprint density at radius 1 is 1.33 bits per heavy atom. The van der Waals surface area contributed by atoms with Crippen molar-refractivity contribution in [1.29, 1.82) is 0 Å². The summed E-state index contributed by atoms with van der Waals surface area (Å²) in [5.74, 6) is 0.267. The molecular formula is C14H27NO3.